The molecule has 15 heteroatoms. The fraction of sp³-hybridized carbons (Fsp3) is 0.333. The van der Waals surface area contributed by atoms with Gasteiger partial charge in [0.1, 0.15) is 18.2 Å². The molecular weight excluding hydrogens is 540 g/mol. The molecule has 39 heavy (non-hydrogen) atoms. The van der Waals surface area contributed by atoms with Crippen molar-refractivity contribution in [3.63, 3.8) is 0 Å². The van der Waals surface area contributed by atoms with Gasteiger partial charge in [-0.05, 0) is 25.0 Å². The lowest BCUT2D eigenvalue weighted by molar-refractivity contribution is -0.0529. The number of hydrogen-bond acceptors (Lipinski definition) is 10. The summed E-state index contributed by atoms with van der Waals surface area (Å²) in [7, 11) is 1.23. The number of benzene rings is 1. The highest BCUT2D eigenvalue weighted by molar-refractivity contribution is 7.99. The van der Waals surface area contributed by atoms with Crippen LogP contribution in [-0.2, 0) is 0 Å². The number of nitrogen functional groups attached to an aromatic ring is 1. The van der Waals surface area contributed by atoms with Gasteiger partial charge in [0.25, 0.3) is 6.43 Å². The van der Waals surface area contributed by atoms with Gasteiger partial charge in [0.15, 0.2) is 17.2 Å². The number of nitrogens with zero attached hydrogens (tertiary/aromatic N) is 6. The molecule has 10 nitrogen and oxygen atoms in total. The number of rotatable bonds is 7. The molecule has 0 spiro atoms. The summed E-state index contributed by atoms with van der Waals surface area (Å²) in [6.45, 7) is 0.362. The van der Waals surface area contributed by atoms with E-state index in [0.717, 1.165) is 12.1 Å². The normalized spacial score (nSPS) is 18.6. The quantitative estimate of drug-likeness (QED) is 0.287. The number of hydrogen-bond donors (Lipinski definition) is 3. The Morgan fingerprint density at radius 2 is 1.90 bits per heavy atom. The number of fused-ring (bicyclic) bond motifs is 1. The molecule has 1 aliphatic rings. The number of ether oxygens (including phenoxy) is 1. The van der Waals surface area contributed by atoms with Crippen LogP contribution < -0.4 is 21.1 Å². The van der Waals surface area contributed by atoms with E-state index < -0.39 is 29.7 Å². The van der Waals surface area contributed by atoms with E-state index in [1.165, 1.54) is 42.1 Å². The standard InChI is InChI=1S/C24H24F4N8O2S/c1-38-17-6-13(25)12(5-14(17)26)15-7-18(39-19-9-34-36-22(19)32-11-33-23(36)29)16(8-31-15)35-4-2-3-24(30,10-35)20(37)21(27)28/h5-9,11,20-21,37H,2-4,10,30H2,1H3,(H2,29,32,33)/t20-,24-/m1/s1. The number of alkyl halides is 2. The first-order valence-electron chi connectivity index (χ1n) is 11.8. The van der Waals surface area contributed by atoms with Crippen LogP contribution in [0.5, 0.6) is 5.75 Å². The summed E-state index contributed by atoms with van der Waals surface area (Å²) in [4.78, 5) is 15.3. The second kappa shape index (κ2) is 10.5. The molecule has 0 radical (unpaired) electrons. The highest BCUT2D eigenvalue weighted by Crippen LogP contribution is 2.41. The number of halogens is 4. The van der Waals surface area contributed by atoms with E-state index in [2.05, 4.69) is 20.1 Å². The molecule has 5 rings (SSSR count). The smallest absolute Gasteiger partial charge is 0.265 e. The molecular formula is C24H24F4N8O2S. The zero-order chi connectivity index (χ0) is 27.9. The van der Waals surface area contributed by atoms with Crippen LogP contribution in [0.1, 0.15) is 12.8 Å². The van der Waals surface area contributed by atoms with Crippen molar-refractivity contribution in [3.8, 4) is 17.0 Å². The Balaban J connectivity index is 1.60. The van der Waals surface area contributed by atoms with Gasteiger partial charge in [-0.15, -0.1) is 0 Å². The molecule has 3 aromatic heterocycles. The number of aromatic nitrogens is 5. The third kappa shape index (κ3) is 5.04. The van der Waals surface area contributed by atoms with Crippen molar-refractivity contribution in [1.82, 2.24) is 24.6 Å². The number of nitrogens with two attached hydrogens (primary N) is 2. The number of pyridine rings is 1. The highest BCUT2D eigenvalue weighted by Gasteiger charge is 2.43. The Hall–Kier alpha value is -3.69. The lowest BCUT2D eigenvalue weighted by Crippen LogP contribution is -2.63. The maximum Gasteiger partial charge on any atom is 0.265 e. The molecule has 0 bridgehead atoms. The van der Waals surface area contributed by atoms with Crippen LogP contribution in [0.2, 0.25) is 0 Å². The minimum absolute atomic E-state index is 0.0809. The van der Waals surface area contributed by atoms with Gasteiger partial charge in [0, 0.05) is 29.6 Å². The third-order valence-corrected chi connectivity index (χ3v) is 7.66. The van der Waals surface area contributed by atoms with E-state index in [0.29, 0.717) is 34.1 Å². The third-order valence-electron chi connectivity index (χ3n) is 6.61. The van der Waals surface area contributed by atoms with E-state index in [9.17, 15) is 22.7 Å². The van der Waals surface area contributed by atoms with Crippen LogP contribution in [-0.4, -0.2) is 67.9 Å². The van der Waals surface area contributed by atoms with Crippen molar-refractivity contribution < 1.29 is 27.4 Å². The summed E-state index contributed by atoms with van der Waals surface area (Å²) in [6, 6.07) is 3.46. The minimum Gasteiger partial charge on any atom is -0.494 e. The zero-order valence-electron chi connectivity index (χ0n) is 20.6. The van der Waals surface area contributed by atoms with Gasteiger partial charge in [0.2, 0.25) is 5.95 Å². The maximum atomic E-state index is 14.9. The first-order chi connectivity index (χ1) is 18.6. The van der Waals surface area contributed by atoms with Crippen molar-refractivity contribution in [2.75, 3.05) is 30.8 Å². The predicted molar refractivity (Wildman–Crippen MR) is 136 cm³/mol. The molecule has 1 aliphatic heterocycles. The Labute approximate surface area is 224 Å². The van der Waals surface area contributed by atoms with Gasteiger partial charge in [-0.25, -0.2) is 27.5 Å². The highest BCUT2D eigenvalue weighted by atomic mass is 32.2. The van der Waals surface area contributed by atoms with Gasteiger partial charge < -0.3 is 26.2 Å². The van der Waals surface area contributed by atoms with Crippen LogP contribution >= 0.6 is 11.8 Å². The van der Waals surface area contributed by atoms with Crippen molar-refractivity contribution in [2.24, 2.45) is 5.73 Å². The van der Waals surface area contributed by atoms with Crippen LogP contribution in [0.3, 0.4) is 0 Å². The van der Waals surface area contributed by atoms with E-state index in [1.54, 1.807) is 11.0 Å². The molecule has 1 fully saturated rings. The largest absolute Gasteiger partial charge is 0.494 e. The Morgan fingerprint density at radius 3 is 2.64 bits per heavy atom. The number of methoxy groups -OCH3 is 1. The first-order valence-corrected chi connectivity index (χ1v) is 12.6. The molecule has 4 heterocycles. The Morgan fingerprint density at radius 1 is 1.10 bits per heavy atom. The van der Waals surface area contributed by atoms with Gasteiger partial charge >= 0.3 is 0 Å². The molecule has 4 aromatic rings. The lowest BCUT2D eigenvalue weighted by Gasteiger charge is -2.44. The van der Waals surface area contributed by atoms with Gasteiger partial charge in [-0.3, -0.25) is 4.98 Å². The second-order valence-electron chi connectivity index (χ2n) is 9.12. The van der Waals surface area contributed by atoms with Gasteiger partial charge in [-0.1, -0.05) is 11.8 Å². The lowest BCUT2D eigenvalue weighted by atomic mass is 9.84. The van der Waals surface area contributed by atoms with Crippen LogP contribution in [0.4, 0.5) is 29.2 Å². The molecule has 5 N–H and O–H groups in total. The average molecular weight is 565 g/mol. The molecule has 0 aliphatic carbocycles. The summed E-state index contributed by atoms with van der Waals surface area (Å²) < 4.78 is 62.4. The summed E-state index contributed by atoms with van der Waals surface area (Å²) >= 11 is 1.19. The van der Waals surface area contributed by atoms with E-state index in [4.69, 9.17) is 16.2 Å². The van der Waals surface area contributed by atoms with Crippen LogP contribution in [0.25, 0.3) is 16.9 Å². The van der Waals surface area contributed by atoms with Gasteiger partial charge in [0.05, 0.1) is 41.3 Å². The predicted octanol–water partition coefficient (Wildman–Crippen LogP) is 3.13. The average Bonchev–Trinajstić information content (AvgIpc) is 3.33. The SMILES string of the molecule is COc1cc(F)c(-c2cc(Sc3cnn4c(N)ncnc34)c(N3CCC[C@](N)([C@H](O)C(F)F)C3)cn2)cc1F. The molecule has 2 atom stereocenters. The molecule has 0 amide bonds. The Kier molecular flexibility index (Phi) is 7.22. The maximum absolute atomic E-state index is 14.9. The van der Waals surface area contributed by atoms with Gasteiger partial charge in [-0.2, -0.15) is 9.61 Å². The summed E-state index contributed by atoms with van der Waals surface area (Å²) in [5, 5.41) is 14.3. The number of aliphatic hydroxyl groups is 1. The molecule has 0 saturated carbocycles. The monoisotopic (exact) mass is 564 g/mol. The first kappa shape index (κ1) is 26.9. The topological polar surface area (TPSA) is 141 Å². The molecule has 1 saturated heterocycles. The Bertz CT molecular complexity index is 1520. The van der Waals surface area contributed by atoms with Crippen LogP contribution in [0.15, 0.2) is 46.7 Å². The fourth-order valence-corrected chi connectivity index (χ4v) is 5.61. The fourth-order valence-electron chi connectivity index (χ4n) is 4.59. The number of anilines is 2. The second-order valence-corrected chi connectivity index (χ2v) is 10.2. The van der Waals surface area contributed by atoms with E-state index >= 15 is 0 Å². The summed E-state index contributed by atoms with van der Waals surface area (Å²) in [5.74, 6) is -1.66. The number of piperidine rings is 1. The van der Waals surface area contributed by atoms with E-state index in [1.807, 2.05) is 0 Å². The summed E-state index contributed by atoms with van der Waals surface area (Å²) in [5.41, 5.74) is 11.5. The van der Waals surface area contributed by atoms with E-state index in [-0.39, 0.29) is 35.9 Å². The zero-order valence-corrected chi connectivity index (χ0v) is 21.4. The van der Waals surface area contributed by atoms with Crippen molar-refractivity contribution in [3.05, 3.63) is 48.6 Å². The van der Waals surface area contributed by atoms with Crippen molar-refractivity contribution in [2.45, 2.75) is 40.7 Å². The van der Waals surface area contributed by atoms with Crippen molar-refractivity contribution in [1.29, 1.82) is 0 Å². The van der Waals surface area contributed by atoms with Crippen molar-refractivity contribution >= 4 is 29.0 Å². The van der Waals surface area contributed by atoms with Crippen LogP contribution in [0, 0.1) is 11.6 Å². The molecule has 1 aromatic carbocycles. The molecule has 0 unspecified atom stereocenters. The number of aliphatic hydroxyl groups excluding tert-OH is 1. The summed E-state index contributed by atoms with van der Waals surface area (Å²) in [6.07, 6.45) is -0.166. The molecule has 206 valence electrons. The minimum atomic E-state index is -3.01.